The van der Waals surface area contributed by atoms with Crippen molar-refractivity contribution in [1.29, 1.82) is 0 Å². The van der Waals surface area contributed by atoms with Gasteiger partial charge in [0.1, 0.15) is 0 Å². The van der Waals surface area contributed by atoms with Crippen molar-refractivity contribution in [3.05, 3.63) is 0 Å². The second-order valence-electron chi connectivity index (χ2n) is 5.33. The minimum Gasteiger partial charge on any atom is -0.481 e. The molecule has 0 aromatic heterocycles. The van der Waals surface area contributed by atoms with Crippen LogP contribution in [0.15, 0.2) is 0 Å². The number of carbonyl (C=O) groups excluding carboxylic acids is 1. The molecule has 6 heteroatoms. The number of nitrogens with zero attached hydrogens (tertiary/aromatic N) is 2. The normalized spacial score (nSPS) is 22.4. The van der Waals surface area contributed by atoms with Crippen LogP contribution in [0, 0.1) is 5.92 Å². The van der Waals surface area contributed by atoms with Gasteiger partial charge in [0.25, 0.3) is 0 Å². The average Bonchev–Trinajstić information content (AvgIpc) is 2.46. The first-order chi connectivity index (χ1) is 9.16. The standard InChI is InChI=1S/C13H23N3O3/c17-12(18)3-6-15-7-9-16(10-8-15)13(19)11-1-4-14-5-2-11/h11,14H,1-10H2,(H,17,18). The van der Waals surface area contributed by atoms with Crippen LogP contribution in [-0.4, -0.2) is 72.6 Å². The minimum atomic E-state index is -0.756. The van der Waals surface area contributed by atoms with E-state index in [1.54, 1.807) is 0 Å². The average molecular weight is 269 g/mol. The van der Waals surface area contributed by atoms with Crippen molar-refractivity contribution in [2.75, 3.05) is 45.8 Å². The third-order valence-electron chi connectivity index (χ3n) is 4.01. The number of aliphatic carboxylic acids is 1. The highest BCUT2D eigenvalue weighted by molar-refractivity contribution is 5.79. The first-order valence-corrected chi connectivity index (χ1v) is 7.10. The third kappa shape index (κ3) is 4.18. The molecule has 0 unspecified atom stereocenters. The van der Waals surface area contributed by atoms with E-state index < -0.39 is 5.97 Å². The van der Waals surface area contributed by atoms with E-state index in [1.807, 2.05) is 4.90 Å². The van der Waals surface area contributed by atoms with Crippen LogP contribution >= 0.6 is 0 Å². The molecule has 2 saturated heterocycles. The van der Waals surface area contributed by atoms with Gasteiger partial charge < -0.3 is 15.3 Å². The number of hydrogen-bond acceptors (Lipinski definition) is 4. The highest BCUT2D eigenvalue weighted by Gasteiger charge is 2.28. The molecule has 2 fully saturated rings. The van der Waals surface area contributed by atoms with Crippen molar-refractivity contribution < 1.29 is 14.7 Å². The van der Waals surface area contributed by atoms with Crippen molar-refractivity contribution >= 4 is 11.9 Å². The Labute approximate surface area is 113 Å². The zero-order chi connectivity index (χ0) is 13.7. The largest absolute Gasteiger partial charge is 0.481 e. The number of carbonyl (C=O) groups is 2. The quantitative estimate of drug-likeness (QED) is 0.727. The number of carboxylic acid groups (broad SMARTS) is 1. The Bertz CT molecular complexity index is 321. The van der Waals surface area contributed by atoms with Gasteiger partial charge in [-0.25, -0.2) is 0 Å². The molecule has 0 bridgehead atoms. The van der Waals surface area contributed by atoms with Gasteiger partial charge in [0.2, 0.25) is 5.91 Å². The lowest BCUT2D eigenvalue weighted by molar-refractivity contribution is -0.140. The van der Waals surface area contributed by atoms with Gasteiger partial charge in [0.15, 0.2) is 0 Å². The number of piperidine rings is 1. The number of piperazine rings is 1. The molecule has 0 radical (unpaired) electrons. The van der Waals surface area contributed by atoms with Crippen molar-refractivity contribution in [1.82, 2.24) is 15.1 Å². The van der Waals surface area contributed by atoms with Crippen LogP contribution < -0.4 is 5.32 Å². The number of hydrogen-bond donors (Lipinski definition) is 2. The molecule has 2 N–H and O–H groups in total. The summed E-state index contributed by atoms with van der Waals surface area (Å²) >= 11 is 0. The third-order valence-corrected chi connectivity index (χ3v) is 4.01. The molecule has 0 atom stereocenters. The molecule has 0 aromatic carbocycles. The maximum atomic E-state index is 12.3. The SMILES string of the molecule is O=C(O)CCN1CCN(C(=O)C2CCNCC2)CC1. The van der Waals surface area contributed by atoms with Gasteiger partial charge in [-0.15, -0.1) is 0 Å². The van der Waals surface area contributed by atoms with E-state index in [9.17, 15) is 9.59 Å². The molecule has 2 aliphatic rings. The van der Waals surface area contributed by atoms with E-state index in [0.717, 1.165) is 52.1 Å². The Balaban J connectivity index is 1.72. The second-order valence-corrected chi connectivity index (χ2v) is 5.33. The Morgan fingerprint density at radius 1 is 1.11 bits per heavy atom. The fraction of sp³-hybridized carbons (Fsp3) is 0.846. The summed E-state index contributed by atoms with van der Waals surface area (Å²) in [5.74, 6) is -0.278. The Morgan fingerprint density at radius 2 is 1.74 bits per heavy atom. The van der Waals surface area contributed by atoms with Gasteiger partial charge in [-0.1, -0.05) is 0 Å². The topological polar surface area (TPSA) is 72.9 Å². The number of rotatable bonds is 4. The van der Waals surface area contributed by atoms with Gasteiger partial charge >= 0.3 is 5.97 Å². The Morgan fingerprint density at radius 3 is 2.32 bits per heavy atom. The molecule has 0 aromatic rings. The number of nitrogens with one attached hydrogen (secondary N) is 1. The second kappa shape index (κ2) is 6.86. The van der Waals surface area contributed by atoms with E-state index in [2.05, 4.69) is 10.2 Å². The van der Waals surface area contributed by atoms with E-state index in [1.165, 1.54) is 0 Å². The lowest BCUT2D eigenvalue weighted by Crippen LogP contribution is -2.51. The van der Waals surface area contributed by atoms with E-state index in [-0.39, 0.29) is 12.3 Å². The molecule has 0 saturated carbocycles. The van der Waals surface area contributed by atoms with Crippen molar-refractivity contribution in [2.24, 2.45) is 5.92 Å². The van der Waals surface area contributed by atoms with Gasteiger partial charge in [-0.05, 0) is 25.9 Å². The summed E-state index contributed by atoms with van der Waals surface area (Å²) in [4.78, 5) is 26.9. The van der Waals surface area contributed by atoms with Crippen LogP contribution in [0.1, 0.15) is 19.3 Å². The summed E-state index contributed by atoms with van der Waals surface area (Å²) in [6, 6.07) is 0. The molecule has 6 nitrogen and oxygen atoms in total. The van der Waals surface area contributed by atoms with Crippen LogP contribution in [0.3, 0.4) is 0 Å². The highest BCUT2D eigenvalue weighted by atomic mass is 16.4. The summed E-state index contributed by atoms with van der Waals surface area (Å²) < 4.78 is 0. The van der Waals surface area contributed by atoms with Crippen LogP contribution in [0.4, 0.5) is 0 Å². The maximum Gasteiger partial charge on any atom is 0.304 e. The van der Waals surface area contributed by atoms with Crippen molar-refractivity contribution in [3.8, 4) is 0 Å². The molecule has 19 heavy (non-hydrogen) atoms. The molecule has 1 amide bonds. The monoisotopic (exact) mass is 269 g/mol. The van der Waals surface area contributed by atoms with E-state index >= 15 is 0 Å². The molecule has 0 aliphatic carbocycles. The molecular formula is C13H23N3O3. The summed E-state index contributed by atoms with van der Waals surface area (Å²) in [5.41, 5.74) is 0. The fourth-order valence-electron chi connectivity index (χ4n) is 2.77. The molecule has 2 rings (SSSR count). The summed E-state index contributed by atoms with van der Waals surface area (Å²) in [5, 5.41) is 11.9. The van der Waals surface area contributed by atoms with Crippen molar-refractivity contribution in [2.45, 2.75) is 19.3 Å². The smallest absolute Gasteiger partial charge is 0.304 e. The predicted octanol–water partition coefficient (Wildman–Crippen LogP) is -0.395. The zero-order valence-corrected chi connectivity index (χ0v) is 11.3. The Kier molecular flexibility index (Phi) is 5.15. The van der Waals surface area contributed by atoms with E-state index in [4.69, 9.17) is 5.11 Å². The highest BCUT2D eigenvalue weighted by Crippen LogP contribution is 2.16. The van der Waals surface area contributed by atoms with Gasteiger partial charge in [-0.3, -0.25) is 14.5 Å². The maximum absolute atomic E-state index is 12.3. The van der Waals surface area contributed by atoms with Crippen LogP contribution in [0.5, 0.6) is 0 Å². The Hall–Kier alpha value is -1.14. The molecule has 108 valence electrons. The lowest BCUT2D eigenvalue weighted by Gasteiger charge is -2.37. The summed E-state index contributed by atoms with van der Waals surface area (Å²) in [7, 11) is 0. The van der Waals surface area contributed by atoms with Gasteiger partial charge in [-0.2, -0.15) is 0 Å². The predicted molar refractivity (Wildman–Crippen MR) is 70.9 cm³/mol. The first-order valence-electron chi connectivity index (χ1n) is 7.10. The molecular weight excluding hydrogens is 246 g/mol. The fourth-order valence-corrected chi connectivity index (χ4v) is 2.77. The lowest BCUT2D eigenvalue weighted by atomic mass is 9.96. The van der Waals surface area contributed by atoms with Crippen LogP contribution in [0.2, 0.25) is 0 Å². The molecule has 0 spiro atoms. The molecule has 2 aliphatic heterocycles. The van der Waals surface area contributed by atoms with Gasteiger partial charge in [0.05, 0.1) is 6.42 Å². The zero-order valence-electron chi connectivity index (χ0n) is 11.3. The number of carboxylic acids is 1. The van der Waals surface area contributed by atoms with Crippen LogP contribution in [0.25, 0.3) is 0 Å². The van der Waals surface area contributed by atoms with Crippen LogP contribution in [-0.2, 0) is 9.59 Å². The number of amides is 1. The van der Waals surface area contributed by atoms with Gasteiger partial charge in [0, 0.05) is 38.6 Å². The van der Waals surface area contributed by atoms with Crippen molar-refractivity contribution in [3.63, 3.8) is 0 Å². The minimum absolute atomic E-state index is 0.183. The summed E-state index contributed by atoms with van der Waals surface area (Å²) in [6.45, 7) is 5.54. The summed E-state index contributed by atoms with van der Waals surface area (Å²) in [6.07, 6.45) is 2.07. The van der Waals surface area contributed by atoms with E-state index in [0.29, 0.717) is 12.5 Å². The molecule has 2 heterocycles. The first kappa shape index (κ1) is 14.3.